The van der Waals surface area contributed by atoms with Crippen LogP contribution in [0.4, 0.5) is 8.78 Å². The standard InChI is InChI=1S/C10H12BrF2NO/c1-2-14-5-8(15)9-7(12)4-3-6(11)10(9)13/h3-4,8,14-15H,2,5H2,1H3. The van der Waals surface area contributed by atoms with E-state index < -0.39 is 17.7 Å². The van der Waals surface area contributed by atoms with Crippen LogP contribution in [0, 0.1) is 11.6 Å². The lowest BCUT2D eigenvalue weighted by molar-refractivity contribution is 0.165. The van der Waals surface area contributed by atoms with Crippen molar-refractivity contribution < 1.29 is 13.9 Å². The molecule has 0 aliphatic heterocycles. The first kappa shape index (κ1) is 12.5. The second kappa shape index (κ2) is 5.53. The van der Waals surface area contributed by atoms with Crippen molar-refractivity contribution in [2.24, 2.45) is 0 Å². The molecule has 2 nitrogen and oxygen atoms in total. The van der Waals surface area contributed by atoms with Gasteiger partial charge >= 0.3 is 0 Å². The lowest BCUT2D eigenvalue weighted by Crippen LogP contribution is -2.22. The van der Waals surface area contributed by atoms with Crippen molar-refractivity contribution in [2.45, 2.75) is 13.0 Å². The zero-order valence-corrected chi connectivity index (χ0v) is 9.81. The molecule has 5 heteroatoms. The second-order valence-corrected chi connectivity index (χ2v) is 3.93. The van der Waals surface area contributed by atoms with E-state index in [0.717, 1.165) is 6.07 Å². The van der Waals surface area contributed by atoms with E-state index in [1.165, 1.54) is 6.07 Å². The average Bonchev–Trinajstić information content (AvgIpc) is 2.21. The highest BCUT2D eigenvalue weighted by Crippen LogP contribution is 2.26. The fraction of sp³-hybridized carbons (Fsp3) is 0.400. The van der Waals surface area contributed by atoms with Gasteiger partial charge in [-0.2, -0.15) is 0 Å². The van der Waals surface area contributed by atoms with Crippen LogP contribution in [-0.2, 0) is 0 Å². The molecule has 2 N–H and O–H groups in total. The van der Waals surface area contributed by atoms with Gasteiger partial charge in [0.15, 0.2) is 0 Å². The van der Waals surface area contributed by atoms with E-state index in [-0.39, 0.29) is 16.6 Å². The number of hydrogen-bond acceptors (Lipinski definition) is 2. The predicted octanol–water partition coefficient (Wildman–Crippen LogP) is 2.37. The molecule has 84 valence electrons. The average molecular weight is 280 g/mol. The van der Waals surface area contributed by atoms with Crippen molar-refractivity contribution in [1.82, 2.24) is 5.32 Å². The van der Waals surface area contributed by atoms with Gasteiger partial charge < -0.3 is 10.4 Å². The summed E-state index contributed by atoms with van der Waals surface area (Å²) in [5.41, 5.74) is -0.301. The number of rotatable bonds is 4. The predicted molar refractivity (Wildman–Crippen MR) is 57.6 cm³/mol. The molecule has 0 saturated carbocycles. The van der Waals surface area contributed by atoms with E-state index in [9.17, 15) is 13.9 Å². The molecular weight excluding hydrogens is 268 g/mol. The normalized spacial score (nSPS) is 12.9. The molecule has 1 rings (SSSR count). The first-order valence-electron chi connectivity index (χ1n) is 4.60. The van der Waals surface area contributed by atoms with Gasteiger partial charge in [-0.3, -0.25) is 0 Å². The Labute approximate surface area is 95.4 Å². The summed E-state index contributed by atoms with van der Waals surface area (Å²) < 4.78 is 26.9. The number of nitrogens with one attached hydrogen (secondary N) is 1. The molecule has 0 aliphatic carbocycles. The molecule has 0 saturated heterocycles. The van der Waals surface area contributed by atoms with Gasteiger partial charge in [0, 0.05) is 6.54 Å². The first-order chi connectivity index (χ1) is 7.07. The van der Waals surface area contributed by atoms with E-state index >= 15 is 0 Å². The van der Waals surface area contributed by atoms with Crippen molar-refractivity contribution in [2.75, 3.05) is 13.1 Å². The van der Waals surface area contributed by atoms with Crippen LogP contribution in [0.15, 0.2) is 16.6 Å². The van der Waals surface area contributed by atoms with Crippen molar-refractivity contribution in [3.63, 3.8) is 0 Å². The quantitative estimate of drug-likeness (QED) is 0.830. The van der Waals surface area contributed by atoms with Gasteiger partial charge in [0.05, 0.1) is 16.1 Å². The smallest absolute Gasteiger partial charge is 0.146 e. The Hall–Kier alpha value is -0.520. The van der Waals surface area contributed by atoms with E-state index in [1.54, 1.807) is 0 Å². The van der Waals surface area contributed by atoms with Gasteiger partial charge in [-0.05, 0) is 34.6 Å². The lowest BCUT2D eigenvalue weighted by atomic mass is 10.1. The minimum atomic E-state index is -1.18. The third kappa shape index (κ3) is 2.96. The molecule has 1 aromatic carbocycles. The number of benzene rings is 1. The van der Waals surface area contributed by atoms with Crippen LogP contribution in [0.3, 0.4) is 0 Å². The first-order valence-corrected chi connectivity index (χ1v) is 5.39. The molecule has 1 atom stereocenters. The topological polar surface area (TPSA) is 32.3 Å². The molecule has 1 unspecified atom stereocenters. The summed E-state index contributed by atoms with van der Waals surface area (Å²) >= 11 is 2.94. The fourth-order valence-corrected chi connectivity index (χ4v) is 1.58. The molecule has 0 aromatic heterocycles. The Morgan fingerprint density at radius 2 is 2.13 bits per heavy atom. The Kier molecular flexibility index (Phi) is 4.63. The Bertz CT molecular complexity index is 346. The number of aliphatic hydroxyl groups is 1. The number of aliphatic hydroxyl groups excluding tert-OH is 1. The van der Waals surface area contributed by atoms with Crippen LogP contribution in [0.25, 0.3) is 0 Å². The van der Waals surface area contributed by atoms with Crippen LogP contribution in [0.2, 0.25) is 0 Å². The third-order valence-corrected chi connectivity index (χ3v) is 2.61. The summed E-state index contributed by atoms with van der Waals surface area (Å²) in [6.07, 6.45) is -1.18. The maximum absolute atomic E-state index is 13.5. The minimum Gasteiger partial charge on any atom is -0.387 e. The summed E-state index contributed by atoms with van der Waals surface area (Å²) in [5, 5.41) is 12.4. The number of hydrogen-bond donors (Lipinski definition) is 2. The maximum Gasteiger partial charge on any atom is 0.146 e. The van der Waals surface area contributed by atoms with Crippen molar-refractivity contribution in [3.05, 3.63) is 33.8 Å². The van der Waals surface area contributed by atoms with Crippen LogP contribution in [-0.4, -0.2) is 18.2 Å². The Morgan fingerprint density at radius 1 is 1.47 bits per heavy atom. The summed E-state index contributed by atoms with van der Waals surface area (Å²) in [4.78, 5) is 0. The fourth-order valence-electron chi connectivity index (χ4n) is 1.23. The Balaban J connectivity index is 2.96. The molecule has 0 radical (unpaired) electrons. The van der Waals surface area contributed by atoms with Crippen LogP contribution >= 0.6 is 15.9 Å². The highest BCUT2D eigenvalue weighted by atomic mass is 79.9. The van der Waals surface area contributed by atoms with Crippen LogP contribution in [0.1, 0.15) is 18.6 Å². The molecule has 0 amide bonds. The van der Waals surface area contributed by atoms with E-state index in [2.05, 4.69) is 21.2 Å². The molecule has 0 bridgehead atoms. The van der Waals surface area contributed by atoms with Gasteiger partial charge in [-0.25, -0.2) is 8.78 Å². The zero-order valence-electron chi connectivity index (χ0n) is 8.23. The highest BCUT2D eigenvalue weighted by molar-refractivity contribution is 9.10. The number of halogens is 3. The van der Waals surface area contributed by atoms with E-state index in [0.29, 0.717) is 6.54 Å². The third-order valence-electron chi connectivity index (χ3n) is 2.00. The molecule has 0 heterocycles. The van der Waals surface area contributed by atoms with Crippen molar-refractivity contribution in [3.8, 4) is 0 Å². The van der Waals surface area contributed by atoms with Crippen molar-refractivity contribution in [1.29, 1.82) is 0 Å². The lowest BCUT2D eigenvalue weighted by Gasteiger charge is -2.13. The number of likely N-dealkylation sites (N-methyl/N-ethyl adjacent to an activating group) is 1. The zero-order chi connectivity index (χ0) is 11.4. The SMILES string of the molecule is CCNCC(O)c1c(F)ccc(Br)c1F. The second-order valence-electron chi connectivity index (χ2n) is 3.08. The Morgan fingerprint density at radius 3 is 2.73 bits per heavy atom. The van der Waals surface area contributed by atoms with Gasteiger partial charge in [0.1, 0.15) is 11.6 Å². The molecule has 1 aromatic rings. The largest absolute Gasteiger partial charge is 0.387 e. The monoisotopic (exact) mass is 279 g/mol. The van der Waals surface area contributed by atoms with E-state index in [1.807, 2.05) is 6.92 Å². The van der Waals surface area contributed by atoms with Gasteiger partial charge in [0.2, 0.25) is 0 Å². The molecule has 0 spiro atoms. The summed E-state index contributed by atoms with van der Waals surface area (Å²) in [7, 11) is 0. The van der Waals surface area contributed by atoms with Gasteiger partial charge in [-0.15, -0.1) is 0 Å². The van der Waals surface area contributed by atoms with Gasteiger partial charge in [0.25, 0.3) is 0 Å². The van der Waals surface area contributed by atoms with Crippen molar-refractivity contribution >= 4 is 15.9 Å². The maximum atomic E-state index is 13.5. The van der Waals surface area contributed by atoms with E-state index in [4.69, 9.17) is 0 Å². The molecular formula is C10H12BrF2NO. The summed E-state index contributed by atoms with van der Waals surface area (Å²) in [6.45, 7) is 2.61. The summed E-state index contributed by atoms with van der Waals surface area (Å²) in [6, 6.07) is 2.39. The van der Waals surface area contributed by atoms with Crippen LogP contribution < -0.4 is 5.32 Å². The molecule has 0 fully saturated rings. The highest BCUT2D eigenvalue weighted by Gasteiger charge is 2.19. The van der Waals surface area contributed by atoms with Crippen LogP contribution in [0.5, 0.6) is 0 Å². The minimum absolute atomic E-state index is 0.126. The summed E-state index contributed by atoms with van der Waals surface area (Å²) in [5.74, 6) is -1.48. The molecule has 0 aliphatic rings. The van der Waals surface area contributed by atoms with Gasteiger partial charge in [-0.1, -0.05) is 6.92 Å². The molecule has 15 heavy (non-hydrogen) atoms.